The highest BCUT2D eigenvalue weighted by atomic mass is 79.9. The standard InChI is InChI=1S/C12H9Br2Cl2NO4/c1-20-8(18)4-7(12(19)21-2)17-11-6(15)3-5(13)10(16)9(11)14/h3-4,17H,1-2H3/b7-4+. The van der Waals surface area contributed by atoms with Gasteiger partial charge in [-0.05, 0) is 37.9 Å². The minimum Gasteiger partial charge on any atom is -0.466 e. The van der Waals surface area contributed by atoms with Crippen LogP contribution in [0.15, 0.2) is 26.8 Å². The van der Waals surface area contributed by atoms with Crippen LogP contribution in [-0.2, 0) is 19.1 Å². The molecule has 1 aromatic carbocycles. The maximum absolute atomic E-state index is 11.7. The van der Waals surface area contributed by atoms with Gasteiger partial charge in [0.25, 0.3) is 0 Å². The molecule has 5 nitrogen and oxygen atoms in total. The first-order valence-electron chi connectivity index (χ1n) is 5.29. The first kappa shape index (κ1) is 18.3. The lowest BCUT2D eigenvalue weighted by Gasteiger charge is -2.14. The summed E-state index contributed by atoms with van der Waals surface area (Å²) in [5, 5.41) is 3.33. The summed E-state index contributed by atoms with van der Waals surface area (Å²) in [6.07, 6.45) is 0.949. The maximum atomic E-state index is 11.7. The van der Waals surface area contributed by atoms with Gasteiger partial charge >= 0.3 is 11.9 Å². The summed E-state index contributed by atoms with van der Waals surface area (Å²) in [4.78, 5) is 23.0. The Hall–Kier alpha value is -0.760. The van der Waals surface area contributed by atoms with Crippen LogP contribution in [0, 0.1) is 0 Å². The fourth-order valence-corrected chi connectivity index (χ4v) is 3.11. The van der Waals surface area contributed by atoms with Gasteiger partial charge in [0.2, 0.25) is 0 Å². The average molecular weight is 462 g/mol. The molecule has 1 N–H and O–H groups in total. The van der Waals surface area contributed by atoms with Crippen molar-refractivity contribution in [3.63, 3.8) is 0 Å². The summed E-state index contributed by atoms with van der Waals surface area (Å²) < 4.78 is 10.1. The lowest BCUT2D eigenvalue weighted by Crippen LogP contribution is -2.16. The van der Waals surface area contributed by atoms with Crippen LogP contribution in [0.1, 0.15) is 0 Å². The van der Waals surface area contributed by atoms with Crippen LogP contribution in [-0.4, -0.2) is 26.2 Å². The summed E-state index contributed by atoms with van der Waals surface area (Å²) in [7, 11) is 2.37. The van der Waals surface area contributed by atoms with Crippen LogP contribution in [0.25, 0.3) is 0 Å². The highest BCUT2D eigenvalue weighted by Gasteiger charge is 2.18. The quantitative estimate of drug-likeness (QED) is 0.316. The Balaban J connectivity index is 3.28. The number of benzene rings is 1. The first-order valence-corrected chi connectivity index (χ1v) is 7.64. The molecule has 0 saturated carbocycles. The zero-order valence-electron chi connectivity index (χ0n) is 10.8. The summed E-state index contributed by atoms with van der Waals surface area (Å²) in [5.41, 5.74) is 0.163. The summed E-state index contributed by atoms with van der Waals surface area (Å²) in [6.45, 7) is 0. The Morgan fingerprint density at radius 3 is 2.38 bits per heavy atom. The van der Waals surface area contributed by atoms with Crippen molar-refractivity contribution >= 4 is 72.7 Å². The molecule has 114 valence electrons. The highest BCUT2D eigenvalue weighted by molar-refractivity contribution is 9.11. The van der Waals surface area contributed by atoms with E-state index in [-0.39, 0.29) is 10.7 Å². The third-order valence-electron chi connectivity index (χ3n) is 2.24. The molecular weight excluding hydrogens is 453 g/mol. The number of ether oxygens (including phenoxy) is 2. The molecule has 0 atom stereocenters. The van der Waals surface area contributed by atoms with Crippen LogP contribution in [0.3, 0.4) is 0 Å². The zero-order valence-corrected chi connectivity index (χ0v) is 15.5. The maximum Gasteiger partial charge on any atom is 0.354 e. The molecule has 1 rings (SSSR count). The number of methoxy groups -OCH3 is 2. The molecule has 0 fully saturated rings. The van der Waals surface area contributed by atoms with E-state index in [4.69, 9.17) is 23.2 Å². The lowest BCUT2D eigenvalue weighted by atomic mass is 10.3. The van der Waals surface area contributed by atoms with Crippen molar-refractivity contribution < 1.29 is 19.1 Å². The van der Waals surface area contributed by atoms with Gasteiger partial charge in [-0.2, -0.15) is 0 Å². The van der Waals surface area contributed by atoms with E-state index in [1.54, 1.807) is 6.07 Å². The van der Waals surface area contributed by atoms with E-state index in [0.717, 1.165) is 6.08 Å². The SMILES string of the molecule is COC(=O)/C=C(/Nc1c(Cl)cc(Br)c(Cl)c1Br)C(=O)OC. The predicted octanol–water partition coefficient (Wildman–Crippen LogP) is 4.16. The second kappa shape index (κ2) is 8.03. The number of carbonyl (C=O) groups is 2. The molecule has 0 aliphatic heterocycles. The Kier molecular flexibility index (Phi) is 6.99. The molecule has 0 bridgehead atoms. The molecule has 21 heavy (non-hydrogen) atoms. The first-order chi connectivity index (χ1) is 9.81. The van der Waals surface area contributed by atoms with Gasteiger partial charge in [-0.15, -0.1) is 0 Å². The van der Waals surface area contributed by atoms with E-state index in [2.05, 4.69) is 46.7 Å². The van der Waals surface area contributed by atoms with Crippen molar-refractivity contribution in [3.05, 3.63) is 36.8 Å². The van der Waals surface area contributed by atoms with E-state index >= 15 is 0 Å². The Bertz CT molecular complexity index is 620. The lowest BCUT2D eigenvalue weighted by molar-refractivity contribution is -0.138. The number of esters is 2. The molecule has 0 aliphatic rings. The normalized spacial score (nSPS) is 11.0. The number of nitrogens with one attached hydrogen (secondary N) is 1. The van der Waals surface area contributed by atoms with E-state index in [1.165, 1.54) is 14.2 Å². The molecule has 0 amide bonds. The molecule has 0 spiro atoms. The van der Waals surface area contributed by atoms with Crippen LogP contribution < -0.4 is 5.32 Å². The molecule has 9 heteroatoms. The van der Waals surface area contributed by atoms with Gasteiger partial charge in [0, 0.05) is 4.47 Å². The highest BCUT2D eigenvalue weighted by Crippen LogP contribution is 2.41. The Morgan fingerprint density at radius 1 is 1.24 bits per heavy atom. The van der Waals surface area contributed by atoms with Gasteiger partial charge in [0.1, 0.15) is 5.70 Å². The number of anilines is 1. The van der Waals surface area contributed by atoms with Crippen molar-refractivity contribution in [2.24, 2.45) is 0 Å². The van der Waals surface area contributed by atoms with E-state index in [0.29, 0.717) is 19.7 Å². The summed E-state index contributed by atoms with van der Waals surface area (Å²) in [6, 6.07) is 1.55. The third-order valence-corrected chi connectivity index (χ3v) is 4.81. The molecule has 0 unspecified atom stereocenters. The fraction of sp³-hybridized carbons (Fsp3) is 0.167. The van der Waals surface area contributed by atoms with Crippen molar-refractivity contribution in [1.82, 2.24) is 0 Å². The van der Waals surface area contributed by atoms with Crippen LogP contribution in [0.2, 0.25) is 10.0 Å². The van der Waals surface area contributed by atoms with E-state index < -0.39 is 11.9 Å². The fourth-order valence-electron chi connectivity index (χ4n) is 1.25. The Labute approximate surface area is 147 Å². The van der Waals surface area contributed by atoms with Crippen molar-refractivity contribution in [3.8, 4) is 0 Å². The Morgan fingerprint density at radius 2 is 1.86 bits per heavy atom. The van der Waals surface area contributed by atoms with Gasteiger partial charge < -0.3 is 14.8 Å². The van der Waals surface area contributed by atoms with Gasteiger partial charge in [0.05, 0.1) is 40.5 Å². The van der Waals surface area contributed by atoms with E-state index in [9.17, 15) is 9.59 Å². The monoisotopic (exact) mass is 459 g/mol. The zero-order chi connectivity index (χ0) is 16.2. The number of carbonyl (C=O) groups excluding carboxylic acids is 2. The van der Waals surface area contributed by atoms with E-state index in [1.807, 2.05) is 0 Å². The van der Waals surface area contributed by atoms with Crippen molar-refractivity contribution in [2.45, 2.75) is 0 Å². The second-order valence-corrected chi connectivity index (χ2v) is 5.97. The number of halogens is 4. The molecule has 0 saturated heterocycles. The molecule has 0 aliphatic carbocycles. The minimum atomic E-state index is -0.762. The van der Waals surface area contributed by atoms with Crippen LogP contribution >= 0.6 is 55.1 Å². The average Bonchev–Trinajstić information content (AvgIpc) is 2.46. The second-order valence-electron chi connectivity index (χ2n) is 3.54. The number of hydrogen-bond acceptors (Lipinski definition) is 5. The minimum absolute atomic E-state index is 0.148. The van der Waals surface area contributed by atoms with Crippen molar-refractivity contribution in [2.75, 3.05) is 19.5 Å². The number of hydrogen-bond donors (Lipinski definition) is 1. The summed E-state index contributed by atoms with van der Waals surface area (Å²) >= 11 is 18.7. The molecular formula is C12H9Br2Cl2NO4. The summed E-state index contributed by atoms with van der Waals surface area (Å²) in [5.74, 6) is -1.49. The molecule has 0 radical (unpaired) electrons. The van der Waals surface area contributed by atoms with Crippen molar-refractivity contribution in [1.29, 1.82) is 0 Å². The number of rotatable bonds is 4. The topological polar surface area (TPSA) is 64.6 Å². The van der Waals surface area contributed by atoms with Crippen LogP contribution in [0.5, 0.6) is 0 Å². The van der Waals surface area contributed by atoms with Crippen LogP contribution in [0.4, 0.5) is 5.69 Å². The van der Waals surface area contributed by atoms with Gasteiger partial charge in [-0.3, -0.25) is 0 Å². The largest absolute Gasteiger partial charge is 0.466 e. The van der Waals surface area contributed by atoms with Gasteiger partial charge in [-0.1, -0.05) is 23.2 Å². The molecule has 1 aromatic rings. The smallest absolute Gasteiger partial charge is 0.354 e. The van der Waals surface area contributed by atoms with Gasteiger partial charge in [0.15, 0.2) is 0 Å². The molecule has 0 aromatic heterocycles. The van der Waals surface area contributed by atoms with Gasteiger partial charge in [-0.25, -0.2) is 9.59 Å². The molecule has 0 heterocycles. The third kappa shape index (κ3) is 4.60. The predicted molar refractivity (Wildman–Crippen MR) is 87.6 cm³/mol.